The van der Waals surface area contributed by atoms with E-state index in [1.54, 1.807) is 6.21 Å². The molecule has 0 atom stereocenters. The van der Waals surface area contributed by atoms with Crippen LogP contribution in [0.1, 0.15) is 6.92 Å². The molecule has 0 amide bonds. The lowest BCUT2D eigenvalue weighted by atomic mass is 10.4. The Kier molecular flexibility index (Phi) is 5.14. The molecule has 0 heterocycles. The average Bonchev–Trinajstić information content (AvgIpc) is 1.98. The van der Waals surface area contributed by atoms with E-state index in [0.29, 0.717) is 0 Å². The van der Waals surface area contributed by atoms with Crippen molar-refractivity contribution in [3.8, 4) is 0 Å². The molecular weight excluding hydrogens is 126 g/mol. The average molecular weight is 139 g/mol. The maximum Gasteiger partial charge on any atom is 0.0489 e. The Bertz CT molecular complexity index is 147. The highest BCUT2D eigenvalue weighted by Gasteiger charge is 1.74. The summed E-state index contributed by atoms with van der Waals surface area (Å²) in [5.41, 5.74) is 3.65. The van der Waals surface area contributed by atoms with Gasteiger partial charge in [-0.25, -0.2) is 0 Å². The number of allylic oxidation sites excluding steroid dienone is 2. The van der Waals surface area contributed by atoms with Gasteiger partial charge in [-0.3, -0.25) is 5.43 Å². The predicted molar refractivity (Wildman–Crippen MR) is 44.6 cm³/mol. The smallest absolute Gasteiger partial charge is 0.0489 e. The van der Waals surface area contributed by atoms with Crippen LogP contribution < -0.4 is 10.7 Å². The van der Waals surface area contributed by atoms with Gasteiger partial charge in [0.2, 0.25) is 0 Å². The zero-order valence-corrected chi connectivity index (χ0v) is 6.39. The molecule has 0 fully saturated rings. The molecule has 0 spiro atoms. The lowest BCUT2D eigenvalue weighted by Crippen LogP contribution is -2.01. The van der Waals surface area contributed by atoms with Crippen molar-refractivity contribution in [3.05, 3.63) is 24.6 Å². The first-order valence-corrected chi connectivity index (χ1v) is 3.05. The van der Waals surface area contributed by atoms with Gasteiger partial charge in [0.25, 0.3) is 0 Å². The third kappa shape index (κ3) is 4.90. The zero-order chi connectivity index (χ0) is 7.82. The highest BCUT2D eigenvalue weighted by molar-refractivity contribution is 5.71. The second kappa shape index (κ2) is 5.88. The summed E-state index contributed by atoms with van der Waals surface area (Å²) in [7, 11) is 1.86. The summed E-state index contributed by atoms with van der Waals surface area (Å²) in [5, 5.41) is 6.73. The summed E-state index contributed by atoms with van der Waals surface area (Å²) >= 11 is 0. The standard InChI is InChI=1S/C7H13N3/c1-4-9-10-6-5-7(2)8-3/h4-6,8-9H,1H2,2-3H3/b7-5+,10-6-. The fourth-order valence-electron chi connectivity index (χ4n) is 0.328. The Labute approximate surface area is 61.5 Å². The van der Waals surface area contributed by atoms with Crippen molar-refractivity contribution >= 4 is 6.21 Å². The first kappa shape index (κ1) is 8.75. The van der Waals surface area contributed by atoms with Crippen molar-refractivity contribution in [2.24, 2.45) is 5.10 Å². The van der Waals surface area contributed by atoms with Gasteiger partial charge in [0.1, 0.15) is 0 Å². The maximum atomic E-state index is 3.77. The number of hydrogen-bond acceptors (Lipinski definition) is 3. The lowest BCUT2D eigenvalue weighted by molar-refractivity contribution is 0.973. The van der Waals surface area contributed by atoms with Gasteiger partial charge in [-0.05, 0) is 13.0 Å². The van der Waals surface area contributed by atoms with Crippen molar-refractivity contribution in [2.45, 2.75) is 6.92 Å². The molecule has 0 radical (unpaired) electrons. The number of hydrazone groups is 1. The molecule has 0 unspecified atom stereocenters. The fourth-order valence-corrected chi connectivity index (χ4v) is 0.328. The van der Waals surface area contributed by atoms with Crippen molar-refractivity contribution in [3.63, 3.8) is 0 Å². The molecule has 0 saturated heterocycles. The SMILES string of the molecule is C=CN/N=C\C=C(/C)NC. The minimum Gasteiger partial charge on any atom is -0.392 e. The van der Waals surface area contributed by atoms with Gasteiger partial charge < -0.3 is 5.32 Å². The fraction of sp³-hybridized carbons (Fsp3) is 0.286. The Morgan fingerprint density at radius 1 is 1.60 bits per heavy atom. The minimum absolute atomic E-state index is 1.06. The molecule has 0 rings (SSSR count). The van der Waals surface area contributed by atoms with E-state index in [-0.39, 0.29) is 0 Å². The molecule has 0 aliphatic rings. The first-order chi connectivity index (χ1) is 4.81. The summed E-state index contributed by atoms with van der Waals surface area (Å²) in [4.78, 5) is 0. The molecular formula is C7H13N3. The quantitative estimate of drug-likeness (QED) is 0.447. The molecule has 0 bridgehead atoms. The Morgan fingerprint density at radius 2 is 2.30 bits per heavy atom. The van der Waals surface area contributed by atoms with Gasteiger partial charge in [-0.15, -0.1) is 0 Å². The molecule has 0 aliphatic heterocycles. The number of nitrogens with zero attached hydrogens (tertiary/aromatic N) is 1. The molecule has 3 heteroatoms. The maximum absolute atomic E-state index is 3.77. The van der Waals surface area contributed by atoms with Crippen LogP contribution in [0.3, 0.4) is 0 Å². The largest absolute Gasteiger partial charge is 0.392 e. The van der Waals surface area contributed by atoms with Gasteiger partial charge in [-0.2, -0.15) is 5.10 Å². The Balaban J connectivity index is 3.58. The molecule has 2 N–H and O–H groups in total. The number of rotatable bonds is 4. The summed E-state index contributed by atoms with van der Waals surface area (Å²) in [5.74, 6) is 0. The first-order valence-electron chi connectivity index (χ1n) is 3.05. The van der Waals surface area contributed by atoms with E-state index < -0.39 is 0 Å². The molecule has 0 aromatic heterocycles. The molecule has 56 valence electrons. The van der Waals surface area contributed by atoms with Gasteiger partial charge in [0.05, 0.1) is 0 Å². The third-order valence-corrected chi connectivity index (χ3v) is 0.959. The topological polar surface area (TPSA) is 36.4 Å². The van der Waals surface area contributed by atoms with Crippen LogP contribution in [0.15, 0.2) is 29.7 Å². The van der Waals surface area contributed by atoms with Crippen molar-refractivity contribution in [2.75, 3.05) is 7.05 Å². The van der Waals surface area contributed by atoms with E-state index in [0.717, 1.165) is 5.70 Å². The minimum atomic E-state index is 1.06. The van der Waals surface area contributed by atoms with Crippen molar-refractivity contribution < 1.29 is 0 Å². The zero-order valence-electron chi connectivity index (χ0n) is 6.39. The summed E-state index contributed by atoms with van der Waals surface area (Å²) in [6, 6.07) is 0. The third-order valence-electron chi connectivity index (χ3n) is 0.959. The molecule has 0 aromatic carbocycles. The van der Waals surface area contributed by atoms with Gasteiger partial charge in [0.15, 0.2) is 0 Å². The number of hydrogen-bond donors (Lipinski definition) is 2. The molecule has 3 nitrogen and oxygen atoms in total. The molecule has 0 aromatic rings. The van der Waals surface area contributed by atoms with E-state index >= 15 is 0 Å². The summed E-state index contributed by atoms with van der Waals surface area (Å²) in [6.07, 6.45) is 5.03. The van der Waals surface area contributed by atoms with E-state index in [1.165, 1.54) is 6.20 Å². The van der Waals surface area contributed by atoms with Gasteiger partial charge in [-0.1, -0.05) is 6.58 Å². The Morgan fingerprint density at radius 3 is 2.80 bits per heavy atom. The normalized spacial score (nSPS) is 11.6. The van der Waals surface area contributed by atoms with E-state index in [1.807, 2.05) is 20.0 Å². The van der Waals surface area contributed by atoms with Crippen molar-refractivity contribution in [1.82, 2.24) is 10.7 Å². The highest BCUT2D eigenvalue weighted by atomic mass is 15.3. The second-order valence-corrected chi connectivity index (χ2v) is 1.71. The van der Waals surface area contributed by atoms with Crippen LogP contribution in [0.4, 0.5) is 0 Å². The summed E-state index contributed by atoms with van der Waals surface area (Å²) < 4.78 is 0. The van der Waals surface area contributed by atoms with E-state index in [4.69, 9.17) is 0 Å². The number of nitrogens with one attached hydrogen (secondary N) is 2. The monoisotopic (exact) mass is 139 g/mol. The van der Waals surface area contributed by atoms with Crippen LogP contribution >= 0.6 is 0 Å². The van der Waals surface area contributed by atoms with Crippen LogP contribution in [0.5, 0.6) is 0 Å². The van der Waals surface area contributed by atoms with Crippen LogP contribution in [0.25, 0.3) is 0 Å². The van der Waals surface area contributed by atoms with Crippen LogP contribution in [-0.2, 0) is 0 Å². The van der Waals surface area contributed by atoms with Gasteiger partial charge >= 0.3 is 0 Å². The van der Waals surface area contributed by atoms with E-state index in [9.17, 15) is 0 Å². The van der Waals surface area contributed by atoms with Gasteiger partial charge in [0, 0.05) is 25.2 Å². The Hall–Kier alpha value is -1.25. The lowest BCUT2D eigenvalue weighted by Gasteiger charge is -1.93. The van der Waals surface area contributed by atoms with Crippen LogP contribution in [0, 0.1) is 0 Å². The van der Waals surface area contributed by atoms with Crippen LogP contribution in [0.2, 0.25) is 0 Å². The molecule has 0 aliphatic carbocycles. The molecule has 10 heavy (non-hydrogen) atoms. The molecule has 0 saturated carbocycles. The highest BCUT2D eigenvalue weighted by Crippen LogP contribution is 1.78. The predicted octanol–water partition coefficient (Wildman–Crippen LogP) is 0.829. The summed E-state index contributed by atoms with van der Waals surface area (Å²) in [6.45, 7) is 5.39. The van der Waals surface area contributed by atoms with E-state index in [2.05, 4.69) is 22.4 Å². The second-order valence-electron chi connectivity index (χ2n) is 1.71. The van der Waals surface area contributed by atoms with Crippen molar-refractivity contribution in [1.29, 1.82) is 0 Å². The van der Waals surface area contributed by atoms with Crippen LogP contribution in [-0.4, -0.2) is 13.3 Å².